The molecule has 48 heavy (non-hydrogen) atoms. The highest BCUT2D eigenvalue weighted by molar-refractivity contribution is 6.63. The van der Waals surface area contributed by atoms with Crippen LogP contribution in [-0.2, 0) is 9.31 Å². The average molecular weight is 674 g/mol. The van der Waals surface area contributed by atoms with Gasteiger partial charge < -0.3 is 23.9 Å². The van der Waals surface area contributed by atoms with E-state index in [1.54, 1.807) is 31.2 Å². The normalized spacial score (nSPS) is 19.0. The molecule has 11 heteroatoms. The van der Waals surface area contributed by atoms with Crippen molar-refractivity contribution >= 4 is 53.0 Å². The largest absolute Gasteiger partial charge is 0.495 e. The third-order valence-corrected chi connectivity index (χ3v) is 10.5. The van der Waals surface area contributed by atoms with E-state index >= 15 is 4.39 Å². The van der Waals surface area contributed by atoms with Gasteiger partial charge in [0.25, 0.3) is 0 Å². The minimum absolute atomic E-state index is 0.195. The number of nitrogens with one attached hydrogen (secondary N) is 1. The predicted molar refractivity (Wildman–Crippen MR) is 190 cm³/mol. The third-order valence-electron chi connectivity index (χ3n) is 10.3. The van der Waals surface area contributed by atoms with Crippen LogP contribution in [0.1, 0.15) is 88.8 Å². The molecule has 2 fully saturated rings. The van der Waals surface area contributed by atoms with Gasteiger partial charge in [-0.3, -0.25) is 9.59 Å². The first-order valence-corrected chi connectivity index (χ1v) is 16.8. The molecule has 1 atom stereocenters. The zero-order valence-electron chi connectivity index (χ0n) is 28.8. The first-order chi connectivity index (χ1) is 22.5. The van der Waals surface area contributed by atoms with Gasteiger partial charge in [-0.2, -0.15) is 0 Å². The minimum atomic E-state index is -0.713. The van der Waals surface area contributed by atoms with E-state index in [1.807, 2.05) is 40.7 Å². The number of hydrogen-bond acceptors (Lipinski definition) is 8. The SMILES string of the molecule is Cc1c(N2CCC(C)(C)CC2)oc2c(C(C)Nc3ccc(Cl)nc3-c3ccc(B4OC(C)(C)C(C)(C)O4)c(C=O)c3)cc(F)cc2c1=O. The molecule has 2 aromatic heterocycles. The number of hydrogen-bond donors (Lipinski definition) is 1. The number of benzene rings is 2. The van der Waals surface area contributed by atoms with Crippen molar-refractivity contribution in [1.29, 1.82) is 0 Å². The number of fused-ring (bicyclic) bond motifs is 1. The van der Waals surface area contributed by atoms with Gasteiger partial charge in [-0.1, -0.05) is 37.6 Å². The van der Waals surface area contributed by atoms with Crippen molar-refractivity contribution in [1.82, 2.24) is 4.98 Å². The van der Waals surface area contributed by atoms with Crippen LogP contribution in [0, 0.1) is 18.2 Å². The summed E-state index contributed by atoms with van der Waals surface area (Å²) in [6.07, 6.45) is 2.71. The number of aromatic nitrogens is 1. The van der Waals surface area contributed by atoms with E-state index in [0.717, 1.165) is 32.2 Å². The number of carbonyl (C=O) groups excluding carboxylic acids is 1. The summed E-state index contributed by atoms with van der Waals surface area (Å²) in [5.74, 6) is -0.00548. The minimum Gasteiger partial charge on any atom is -0.440 e. The molecule has 8 nitrogen and oxygen atoms in total. The Morgan fingerprint density at radius 1 is 1.02 bits per heavy atom. The molecule has 0 radical (unpaired) electrons. The molecule has 1 unspecified atom stereocenters. The maximum absolute atomic E-state index is 15.1. The van der Waals surface area contributed by atoms with E-state index in [1.165, 1.54) is 12.1 Å². The molecular weight excluding hydrogens is 632 g/mol. The summed E-state index contributed by atoms with van der Waals surface area (Å²) in [6, 6.07) is 10.9. The van der Waals surface area contributed by atoms with Crippen molar-refractivity contribution in [3.8, 4) is 11.3 Å². The molecular formula is C37H42BClFN3O5. The van der Waals surface area contributed by atoms with Crippen LogP contribution in [0.4, 0.5) is 16.0 Å². The van der Waals surface area contributed by atoms with Crippen LogP contribution in [0.3, 0.4) is 0 Å². The van der Waals surface area contributed by atoms with Crippen LogP contribution in [0.2, 0.25) is 5.15 Å². The van der Waals surface area contributed by atoms with E-state index in [2.05, 4.69) is 29.0 Å². The van der Waals surface area contributed by atoms with Crippen LogP contribution in [0.25, 0.3) is 22.2 Å². The Balaban J connectivity index is 1.37. The monoisotopic (exact) mass is 673 g/mol. The quantitative estimate of drug-likeness (QED) is 0.120. The van der Waals surface area contributed by atoms with Gasteiger partial charge in [0.2, 0.25) is 5.88 Å². The zero-order chi connectivity index (χ0) is 34.8. The molecule has 0 aliphatic carbocycles. The van der Waals surface area contributed by atoms with Gasteiger partial charge in [0, 0.05) is 29.8 Å². The second kappa shape index (κ2) is 12.3. The van der Waals surface area contributed by atoms with E-state index in [9.17, 15) is 9.59 Å². The fraction of sp³-hybridized carbons (Fsp3) is 0.432. The Labute approximate surface area is 286 Å². The van der Waals surface area contributed by atoms with E-state index in [-0.39, 0.29) is 21.4 Å². The summed E-state index contributed by atoms with van der Waals surface area (Å²) in [5.41, 5.74) is 2.87. The van der Waals surface area contributed by atoms with Crippen molar-refractivity contribution in [2.45, 2.75) is 85.5 Å². The molecule has 2 aliphatic rings. The van der Waals surface area contributed by atoms with Gasteiger partial charge in [0.05, 0.1) is 39.6 Å². The van der Waals surface area contributed by atoms with E-state index in [4.69, 9.17) is 25.3 Å². The van der Waals surface area contributed by atoms with Crippen molar-refractivity contribution < 1.29 is 22.9 Å². The van der Waals surface area contributed by atoms with Gasteiger partial charge in [-0.25, -0.2) is 9.37 Å². The number of nitrogens with zero attached hydrogens (tertiary/aromatic N) is 2. The number of rotatable bonds is 7. The Morgan fingerprint density at radius 2 is 1.69 bits per heavy atom. The highest BCUT2D eigenvalue weighted by atomic mass is 35.5. The highest BCUT2D eigenvalue weighted by Crippen LogP contribution is 2.39. The molecule has 0 saturated carbocycles. The Bertz CT molecular complexity index is 1950. The summed E-state index contributed by atoms with van der Waals surface area (Å²) in [5, 5.41) is 3.90. The Kier molecular flexibility index (Phi) is 8.76. The number of anilines is 2. The summed E-state index contributed by atoms with van der Waals surface area (Å²) in [4.78, 5) is 32.6. The molecule has 252 valence electrons. The van der Waals surface area contributed by atoms with Gasteiger partial charge in [0.15, 0.2) is 5.43 Å². The van der Waals surface area contributed by atoms with Crippen LogP contribution in [0.15, 0.2) is 51.7 Å². The van der Waals surface area contributed by atoms with Crippen LogP contribution < -0.4 is 21.1 Å². The van der Waals surface area contributed by atoms with Crippen LogP contribution in [-0.4, -0.2) is 42.7 Å². The van der Waals surface area contributed by atoms with Crippen molar-refractivity contribution in [2.24, 2.45) is 5.41 Å². The third kappa shape index (κ3) is 6.26. The number of aldehydes is 1. The summed E-state index contributed by atoms with van der Waals surface area (Å²) in [7, 11) is -0.713. The molecule has 0 spiro atoms. The molecule has 1 N–H and O–H groups in total. The number of piperidine rings is 1. The Morgan fingerprint density at radius 3 is 2.33 bits per heavy atom. The van der Waals surface area contributed by atoms with Crippen molar-refractivity contribution in [2.75, 3.05) is 23.3 Å². The fourth-order valence-electron chi connectivity index (χ4n) is 6.40. The van der Waals surface area contributed by atoms with Crippen molar-refractivity contribution in [3.63, 3.8) is 0 Å². The predicted octanol–water partition coefficient (Wildman–Crippen LogP) is 7.87. The van der Waals surface area contributed by atoms with Gasteiger partial charge >= 0.3 is 7.12 Å². The zero-order valence-corrected chi connectivity index (χ0v) is 29.5. The molecule has 0 bridgehead atoms. The maximum atomic E-state index is 15.1. The lowest BCUT2D eigenvalue weighted by atomic mass is 9.75. The van der Waals surface area contributed by atoms with E-state index in [0.29, 0.717) is 50.6 Å². The van der Waals surface area contributed by atoms with E-state index < -0.39 is 30.2 Å². The first-order valence-electron chi connectivity index (χ1n) is 16.4. The summed E-state index contributed by atoms with van der Waals surface area (Å²) < 4.78 is 34.0. The van der Waals surface area contributed by atoms with Gasteiger partial charge in [-0.15, -0.1) is 0 Å². The summed E-state index contributed by atoms with van der Waals surface area (Å²) in [6.45, 7) is 17.5. The second-order valence-electron chi connectivity index (χ2n) is 14.8. The molecule has 2 saturated heterocycles. The van der Waals surface area contributed by atoms with Gasteiger partial charge in [-0.05, 0) is 95.6 Å². The maximum Gasteiger partial charge on any atom is 0.495 e. The van der Waals surface area contributed by atoms with Gasteiger partial charge in [0.1, 0.15) is 22.8 Å². The number of carbonyl (C=O) groups is 1. The highest BCUT2D eigenvalue weighted by Gasteiger charge is 2.52. The lowest BCUT2D eigenvalue weighted by molar-refractivity contribution is 0.00578. The smallest absolute Gasteiger partial charge is 0.440 e. The topological polar surface area (TPSA) is 93.9 Å². The molecule has 2 aromatic carbocycles. The molecule has 6 rings (SSSR count). The molecule has 4 aromatic rings. The number of pyridine rings is 1. The second-order valence-corrected chi connectivity index (χ2v) is 15.2. The average Bonchev–Trinajstić information content (AvgIpc) is 3.25. The standard InChI is InChI=1S/C37H42BClFN3O5/c1-21-32(45)27-19-25(40)18-26(33(27)46-34(21)43-15-13-35(3,4)14-16-43)22(2)41-29-11-12-30(39)42-31(29)23-9-10-28(24(17-23)20-44)38-47-36(5,6)37(7,8)48-38/h9-12,17-20,22,41H,13-16H2,1-8H3. The fourth-order valence-corrected chi connectivity index (χ4v) is 6.55. The van der Waals surface area contributed by atoms with Crippen LogP contribution >= 0.6 is 11.6 Å². The van der Waals surface area contributed by atoms with Crippen molar-refractivity contribution in [3.05, 3.63) is 80.3 Å². The Hall–Kier alpha value is -3.73. The molecule has 0 amide bonds. The first kappa shape index (κ1) is 34.1. The molecule has 4 heterocycles. The summed E-state index contributed by atoms with van der Waals surface area (Å²) >= 11 is 6.38. The van der Waals surface area contributed by atoms with Crippen LogP contribution in [0.5, 0.6) is 0 Å². The lowest BCUT2D eigenvalue weighted by Gasteiger charge is -2.37. The number of halogens is 2. The lowest BCUT2D eigenvalue weighted by Crippen LogP contribution is -2.41. The molecule has 2 aliphatic heterocycles.